The molecule has 1 rings (SSSR count). The van der Waals surface area contributed by atoms with Crippen molar-refractivity contribution in [1.82, 2.24) is 0 Å². The molecule has 2 atom stereocenters. The van der Waals surface area contributed by atoms with Gasteiger partial charge in [0.2, 0.25) is 0 Å². The van der Waals surface area contributed by atoms with Crippen molar-refractivity contribution in [2.45, 2.75) is 68.7 Å². The zero-order valence-electron chi connectivity index (χ0n) is 20.8. The van der Waals surface area contributed by atoms with E-state index < -0.39 is 5.63 Å². The van der Waals surface area contributed by atoms with Crippen LogP contribution >= 0.6 is 0 Å². The molecule has 0 aromatic carbocycles. The van der Waals surface area contributed by atoms with E-state index in [4.69, 9.17) is 9.15 Å². The van der Waals surface area contributed by atoms with Crippen molar-refractivity contribution < 1.29 is 13.9 Å². The van der Waals surface area contributed by atoms with Crippen LogP contribution in [-0.4, -0.2) is 12.9 Å². The van der Waals surface area contributed by atoms with Gasteiger partial charge in [-0.2, -0.15) is 0 Å². The van der Waals surface area contributed by atoms with E-state index in [0.29, 0.717) is 23.0 Å². The van der Waals surface area contributed by atoms with Crippen LogP contribution in [0.3, 0.4) is 0 Å². The Labute approximate surface area is 187 Å². The molecule has 31 heavy (non-hydrogen) atoms. The van der Waals surface area contributed by atoms with Crippen LogP contribution in [0.4, 0.5) is 0 Å². The standard InChI is InChI=1S/C27H38O4/c1-11-16(2)13-19(5)24(28)20(6)14-17(3)12-18(4)15-21(7)25-22(8)26(30-10)23(9)27(29)31-25/h12-17H,11H2,1-10H3/b18-12+,19-13+,20-14+,21-15+. The largest absolute Gasteiger partial charge is 0.496 e. The molecule has 0 aliphatic heterocycles. The quantitative estimate of drug-likeness (QED) is 0.323. The molecule has 170 valence electrons. The van der Waals surface area contributed by atoms with E-state index in [-0.39, 0.29) is 11.7 Å². The van der Waals surface area contributed by atoms with Crippen LogP contribution in [-0.2, 0) is 4.79 Å². The minimum Gasteiger partial charge on any atom is -0.496 e. The molecular weight excluding hydrogens is 388 g/mol. The Balaban J connectivity index is 3.13. The molecule has 4 nitrogen and oxygen atoms in total. The summed E-state index contributed by atoms with van der Waals surface area (Å²) in [7, 11) is 1.56. The van der Waals surface area contributed by atoms with E-state index >= 15 is 0 Å². The lowest BCUT2D eigenvalue weighted by Crippen LogP contribution is -2.09. The lowest BCUT2D eigenvalue weighted by atomic mass is 9.97. The fourth-order valence-electron chi connectivity index (χ4n) is 3.72. The number of ether oxygens (including phenoxy) is 1. The van der Waals surface area contributed by atoms with Crippen LogP contribution in [0, 0.1) is 25.7 Å². The van der Waals surface area contributed by atoms with E-state index in [1.54, 1.807) is 14.0 Å². The number of carbonyl (C=O) groups is 1. The van der Waals surface area contributed by atoms with Crippen molar-refractivity contribution in [2.75, 3.05) is 7.11 Å². The van der Waals surface area contributed by atoms with E-state index in [0.717, 1.165) is 34.3 Å². The molecule has 0 aliphatic carbocycles. The zero-order chi connectivity index (χ0) is 23.9. The highest BCUT2D eigenvalue weighted by molar-refractivity contribution is 6.07. The Hall–Kier alpha value is -2.62. The average molecular weight is 427 g/mol. The lowest BCUT2D eigenvalue weighted by molar-refractivity contribution is -0.112. The maximum absolute atomic E-state index is 12.6. The van der Waals surface area contributed by atoms with Crippen molar-refractivity contribution in [2.24, 2.45) is 11.8 Å². The van der Waals surface area contributed by atoms with Crippen molar-refractivity contribution >= 4 is 11.4 Å². The van der Waals surface area contributed by atoms with E-state index in [1.165, 1.54) is 0 Å². The number of hydrogen-bond acceptors (Lipinski definition) is 4. The average Bonchev–Trinajstić information content (AvgIpc) is 2.69. The molecule has 1 aromatic rings. The third kappa shape index (κ3) is 7.23. The number of ketones is 1. The smallest absolute Gasteiger partial charge is 0.342 e. The summed E-state index contributed by atoms with van der Waals surface area (Å²) in [5.41, 5.74) is 4.30. The van der Waals surface area contributed by atoms with Crippen molar-refractivity contribution in [3.8, 4) is 5.75 Å². The van der Waals surface area contributed by atoms with Crippen LogP contribution in [0.1, 0.15) is 71.8 Å². The molecule has 0 aliphatic rings. The fourth-order valence-corrected chi connectivity index (χ4v) is 3.72. The molecule has 0 fully saturated rings. The van der Waals surface area contributed by atoms with Gasteiger partial charge in [0.25, 0.3) is 0 Å². The lowest BCUT2D eigenvalue weighted by Gasteiger charge is -2.12. The third-order valence-corrected chi connectivity index (χ3v) is 5.46. The number of Topliss-reactive ketones (excluding diaryl/α,β-unsaturated/α-hetero) is 1. The second kappa shape index (κ2) is 11.7. The maximum atomic E-state index is 12.6. The molecule has 0 saturated carbocycles. The summed E-state index contributed by atoms with van der Waals surface area (Å²) in [4.78, 5) is 24.7. The zero-order valence-corrected chi connectivity index (χ0v) is 20.8. The molecule has 0 N–H and O–H groups in total. The molecule has 1 heterocycles. The van der Waals surface area contributed by atoms with E-state index in [1.807, 2.05) is 52.8 Å². The Morgan fingerprint density at radius 3 is 2.13 bits per heavy atom. The molecule has 0 bridgehead atoms. The number of carbonyl (C=O) groups excluding carboxylic acids is 1. The number of hydrogen-bond donors (Lipinski definition) is 0. The van der Waals surface area contributed by atoms with Crippen LogP contribution in [0.2, 0.25) is 0 Å². The Kier molecular flexibility index (Phi) is 9.96. The predicted octanol–water partition coefficient (Wildman–Crippen LogP) is 6.76. The summed E-state index contributed by atoms with van der Waals surface area (Å²) in [5, 5.41) is 0. The molecule has 4 heteroatoms. The third-order valence-electron chi connectivity index (χ3n) is 5.46. The topological polar surface area (TPSA) is 56.5 Å². The molecule has 0 spiro atoms. The molecule has 1 aromatic heterocycles. The molecule has 2 unspecified atom stereocenters. The van der Waals surface area contributed by atoms with Gasteiger partial charge in [-0.25, -0.2) is 4.79 Å². The van der Waals surface area contributed by atoms with Gasteiger partial charge in [0, 0.05) is 5.56 Å². The van der Waals surface area contributed by atoms with E-state index in [2.05, 4.69) is 26.8 Å². The second-order valence-electron chi connectivity index (χ2n) is 8.51. The minimum atomic E-state index is -0.391. The van der Waals surface area contributed by atoms with Crippen molar-refractivity contribution in [3.05, 3.63) is 68.3 Å². The first-order valence-corrected chi connectivity index (χ1v) is 10.9. The highest BCUT2D eigenvalue weighted by Gasteiger charge is 2.16. The highest BCUT2D eigenvalue weighted by Crippen LogP contribution is 2.28. The van der Waals surface area contributed by atoms with Gasteiger partial charge in [-0.1, -0.05) is 57.1 Å². The molecule has 0 radical (unpaired) electrons. The Morgan fingerprint density at radius 1 is 1.00 bits per heavy atom. The summed E-state index contributed by atoms with van der Waals surface area (Å²) < 4.78 is 10.9. The van der Waals surface area contributed by atoms with E-state index in [9.17, 15) is 9.59 Å². The van der Waals surface area contributed by atoms with Crippen molar-refractivity contribution in [1.29, 1.82) is 0 Å². The molecular formula is C27H38O4. The van der Waals surface area contributed by atoms with Gasteiger partial charge in [-0.05, 0) is 70.1 Å². The summed E-state index contributed by atoms with van der Waals surface area (Å²) in [5.74, 6) is 1.67. The van der Waals surface area contributed by atoms with Crippen LogP contribution in [0.25, 0.3) is 5.57 Å². The number of rotatable bonds is 9. The number of allylic oxidation sites excluding steroid dienone is 8. The summed E-state index contributed by atoms with van der Waals surface area (Å²) in [6.07, 6.45) is 9.12. The highest BCUT2D eigenvalue weighted by atomic mass is 16.5. The molecule has 0 amide bonds. The normalized spacial score (nSPS) is 15.7. The van der Waals surface area contributed by atoms with Gasteiger partial charge < -0.3 is 9.15 Å². The summed E-state index contributed by atoms with van der Waals surface area (Å²) >= 11 is 0. The minimum absolute atomic E-state index is 0.0880. The van der Waals surface area contributed by atoms with Gasteiger partial charge in [-0.15, -0.1) is 0 Å². The summed E-state index contributed by atoms with van der Waals surface area (Å²) in [6.45, 7) is 17.5. The SMILES string of the molecule is CCC(C)/C=C(\C)C(=O)/C(C)=C/C(C)/C=C(C)/C=C(\C)c1oc(=O)c(C)c(OC)c1C. The Bertz CT molecular complexity index is 983. The van der Waals surface area contributed by atoms with Crippen LogP contribution < -0.4 is 10.4 Å². The molecule has 0 saturated heterocycles. The first kappa shape index (κ1) is 26.4. The Morgan fingerprint density at radius 2 is 1.58 bits per heavy atom. The van der Waals surface area contributed by atoms with Gasteiger partial charge in [0.15, 0.2) is 5.78 Å². The fraction of sp³-hybridized carbons (Fsp3) is 0.481. The van der Waals surface area contributed by atoms with Gasteiger partial charge >= 0.3 is 5.63 Å². The first-order valence-electron chi connectivity index (χ1n) is 10.9. The summed E-state index contributed by atoms with van der Waals surface area (Å²) in [6, 6.07) is 0. The monoisotopic (exact) mass is 426 g/mol. The van der Waals surface area contributed by atoms with Gasteiger partial charge in [0.05, 0.1) is 12.7 Å². The first-order chi connectivity index (χ1) is 14.4. The van der Waals surface area contributed by atoms with Crippen LogP contribution in [0.15, 0.2) is 50.2 Å². The van der Waals surface area contributed by atoms with Crippen LogP contribution in [0.5, 0.6) is 5.75 Å². The number of methoxy groups -OCH3 is 1. The second-order valence-corrected chi connectivity index (χ2v) is 8.51. The van der Waals surface area contributed by atoms with Crippen molar-refractivity contribution in [3.63, 3.8) is 0 Å². The van der Waals surface area contributed by atoms with Gasteiger partial charge in [0.1, 0.15) is 11.5 Å². The maximum Gasteiger partial charge on any atom is 0.342 e. The predicted molar refractivity (Wildman–Crippen MR) is 130 cm³/mol. The van der Waals surface area contributed by atoms with Gasteiger partial charge in [-0.3, -0.25) is 4.79 Å².